The number of aryl methyl sites for hydroxylation is 1. The minimum atomic E-state index is -0.132. The molecular weight excluding hydrogens is 414 g/mol. The quantitative estimate of drug-likeness (QED) is 0.344. The van der Waals surface area contributed by atoms with E-state index in [4.69, 9.17) is 4.98 Å². The minimum absolute atomic E-state index is 0.0924. The average Bonchev–Trinajstić information content (AvgIpc) is 3.20. The van der Waals surface area contributed by atoms with Crippen molar-refractivity contribution in [2.24, 2.45) is 7.05 Å². The Morgan fingerprint density at radius 1 is 1.13 bits per heavy atom. The predicted octanol–water partition coefficient (Wildman–Crippen LogP) is 4.96. The van der Waals surface area contributed by atoms with E-state index in [1.54, 1.807) is 7.05 Å². The number of hydrogen-bond acceptors (Lipinski definition) is 5. The summed E-state index contributed by atoms with van der Waals surface area (Å²) in [5.74, 6) is 0.0405. The van der Waals surface area contributed by atoms with Gasteiger partial charge < -0.3 is 5.32 Å². The number of rotatable bonds is 6. The third-order valence-corrected chi connectivity index (χ3v) is 6.81. The Morgan fingerprint density at radius 2 is 1.87 bits per heavy atom. The summed E-state index contributed by atoms with van der Waals surface area (Å²) in [4.78, 5) is 29.9. The SMILES string of the molecule is CCc1ccc(NC(=O)CSc2nc3c(-c4ccccc4)csc3c(=O)n2C)cc1. The third kappa shape index (κ3) is 4.17. The van der Waals surface area contributed by atoms with E-state index in [1.807, 2.05) is 60.0 Å². The summed E-state index contributed by atoms with van der Waals surface area (Å²) in [6.45, 7) is 2.09. The zero-order chi connectivity index (χ0) is 21.1. The van der Waals surface area contributed by atoms with Gasteiger partial charge in [-0.1, -0.05) is 61.2 Å². The van der Waals surface area contributed by atoms with Gasteiger partial charge in [-0.05, 0) is 29.7 Å². The van der Waals surface area contributed by atoms with Crippen LogP contribution in [0.25, 0.3) is 21.3 Å². The highest BCUT2D eigenvalue weighted by molar-refractivity contribution is 7.99. The molecule has 2 heterocycles. The predicted molar refractivity (Wildman–Crippen MR) is 125 cm³/mol. The van der Waals surface area contributed by atoms with Gasteiger partial charge in [0, 0.05) is 23.7 Å². The molecule has 0 unspecified atom stereocenters. The second-order valence-corrected chi connectivity index (χ2v) is 8.66. The monoisotopic (exact) mass is 435 g/mol. The summed E-state index contributed by atoms with van der Waals surface area (Å²) in [6, 6.07) is 17.7. The number of fused-ring (bicyclic) bond motifs is 1. The largest absolute Gasteiger partial charge is 0.325 e. The summed E-state index contributed by atoms with van der Waals surface area (Å²) in [6.07, 6.45) is 0.958. The summed E-state index contributed by atoms with van der Waals surface area (Å²) in [5, 5.41) is 5.39. The molecule has 152 valence electrons. The molecule has 0 aliphatic carbocycles. The van der Waals surface area contributed by atoms with Crippen LogP contribution < -0.4 is 10.9 Å². The van der Waals surface area contributed by atoms with E-state index in [-0.39, 0.29) is 17.2 Å². The molecule has 4 rings (SSSR count). The highest BCUT2D eigenvalue weighted by atomic mass is 32.2. The molecule has 0 bridgehead atoms. The summed E-state index contributed by atoms with van der Waals surface area (Å²) >= 11 is 2.67. The van der Waals surface area contributed by atoms with Crippen molar-refractivity contribution in [2.45, 2.75) is 18.5 Å². The topological polar surface area (TPSA) is 64.0 Å². The van der Waals surface area contributed by atoms with Crippen molar-refractivity contribution in [1.29, 1.82) is 0 Å². The summed E-state index contributed by atoms with van der Waals surface area (Å²) in [7, 11) is 1.69. The lowest BCUT2D eigenvalue weighted by Crippen LogP contribution is -2.20. The van der Waals surface area contributed by atoms with Crippen LogP contribution in [0.1, 0.15) is 12.5 Å². The first-order valence-corrected chi connectivity index (χ1v) is 11.5. The highest BCUT2D eigenvalue weighted by Gasteiger charge is 2.16. The molecule has 1 N–H and O–H groups in total. The van der Waals surface area contributed by atoms with E-state index < -0.39 is 0 Å². The zero-order valence-electron chi connectivity index (χ0n) is 16.7. The molecule has 0 spiro atoms. The number of amides is 1. The number of nitrogens with zero attached hydrogens (tertiary/aromatic N) is 2. The summed E-state index contributed by atoms with van der Waals surface area (Å²) in [5.41, 5.74) is 4.54. The molecule has 2 aromatic heterocycles. The van der Waals surface area contributed by atoms with Crippen LogP contribution in [-0.2, 0) is 18.3 Å². The van der Waals surface area contributed by atoms with E-state index >= 15 is 0 Å². The smallest absolute Gasteiger partial charge is 0.271 e. The fourth-order valence-electron chi connectivity index (χ4n) is 3.13. The van der Waals surface area contributed by atoms with Gasteiger partial charge in [0.1, 0.15) is 4.70 Å². The van der Waals surface area contributed by atoms with Crippen LogP contribution >= 0.6 is 23.1 Å². The molecule has 4 aromatic rings. The lowest BCUT2D eigenvalue weighted by Gasteiger charge is -2.09. The Labute approximate surface area is 182 Å². The number of carbonyl (C=O) groups is 1. The Hall–Kier alpha value is -2.90. The maximum atomic E-state index is 12.8. The van der Waals surface area contributed by atoms with Crippen molar-refractivity contribution in [3.05, 3.63) is 75.9 Å². The van der Waals surface area contributed by atoms with Gasteiger partial charge in [-0.2, -0.15) is 0 Å². The molecule has 0 aliphatic heterocycles. The second kappa shape index (κ2) is 8.85. The molecule has 7 heteroatoms. The van der Waals surface area contributed by atoms with Crippen molar-refractivity contribution < 1.29 is 4.79 Å². The minimum Gasteiger partial charge on any atom is -0.325 e. The normalized spacial score (nSPS) is 11.0. The van der Waals surface area contributed by atoms with Crippen molar-refractivity contribution in [3.8, 4) is 11.1 Å². The Morgan fingerprint density at radius 3 is 2.57 bits per heavy atom. The van der Waals surface area contributed by atoms with E-state index in [9.17, 15) is 9.59 Å². The van der Waals surface area contributed by atoms with Crippen LogP contribution in [0.3, 0.4) is 0 Å². The third-order valence-electron chi connectivity index (χ3n) is 4.82. The number of nitrogens with one attached hydrogen (secondary N) is 1. The molecule has 5 nitrogen and oxygen atoms in total. The van der Waals surface area contributed by atoms with Crippen molar-refractivity contribution in [1.82, 2.24) is 9.55 Å². The Kier molecular flexibility index (Phi) is 6.01. The number of thioether (sulfide) groups is 1. The van der Waals surface area contributed by atoms with E-state index in [0.717, 1.165) is 23.2 Å². The van der Waals surface area contributed by atoms with Gasteiger partial charge in [-0.15, -0.1) is 11.3 Å². The molecule has 1 amide bonds. The van der Waals surface area contributed by atoms with E-state index in [2.05, 4.69) is 12.2 Å². The molecular formula is C23H21N3O2S2. The first kappa shape index (κ1) is 20.4. The number of aromatic nitrogens is 2. The maximum Gasteiger partial charge on any atom is 0.271 e. The maximum absolute atomic E-state index is 12.8. The van der Waals surface area contributed by atoms with Gasteiger partial charge in [0.25, 0.3) is 5.56 Å². The molecule has 0 saturated carbocycles. The second-order valence-electron chi connectivity index (χ2n) is 6.84. The molecule has 0 saturated heterocycles. The Balaban J connectivity index is 1.55. The average molecular weight is 436 g/mol. The Bertz CT molecular complexity index is 1250. The lowest BCUT2D eigenvalue weighted by molar-refractivity contribution is -0.113. The van der Waals surface area contributed by atoms with E-state index in [0.29, 0.717) is 15.4 Å². The van der Waals surface area contributed by atoms with Crippen molar-refractivity contribution in [2.75, 3.05) is 11.1 Å². The van der Waals surface area contributed by atoms with Crippen LogP contribution in [-0.4, -0.2) is 21.2 Å². The number of thiophene rings is 1. The van der Waals surface area contributed by atoms with Crippen molar-refractivity contribution in [3.63, 3.8) is 0 Å². The van der Waals surface area contributed by atoms with Gasteiger partial charge in [-0.25, -0.2) is 4.98 Å². The lowest BCUT2D eigenvalue weighted by atomic mass is 10.1. The van der Waals surface area contributed by atoms with Crippen LogP contribution in [0.4, 0.5) is 5.69 Å². The number of hydrogen-bond donors (Lipinski definition) is 1. The number of anilines is 1. The number of benzene rings is 2. The highest BCUT2D eigenvalue weighted by Crippen LogP contribution is 2.32. The summed E-state index contributed by atoms with van der Waals surface area (Å²) < 4.78 is 2.14. The van der Waals surface area contributed by atoms with Crippen LogP contribution in [0, 0.1) is 0 Å². The van der Waals surface area contributed by atoms with Crippen molar-refractivity contribution >= 4 is 44.9 Å². The fourth-order valence-corrected chi connectivity index (χ4v) is 4.88. The van der Waals surface area contributed by atoms with Gasteiger partial charge in [0.15, 0.2) is 5.16 Å². The van der Waals surface area contributed by atoms with Gasteiger partial charge in [-0.3, -0.25) is 14.2 Å². The first-order valence-electron chi connectivity index (χ1n) is 9.62. The van der Waals surface area contributed by atoms with Crippen LogP contribution in [0.5, 0.6) is 0 Å². The first-order chi connectivity index (χ1) is 14.6. The van der Waals surface area contributed by atoms with E-state index in [1.165, 1.54) is 33.2 Å². The molecule has 0 aliphatic rings. The molecule has 0 radical (unpaired) electrons. The van der Waals surface area contributed by atoms with Gasteiger partial charge >= 0.3 is 0 Å². The van der Waals surface area contributed by atoms with Crippen LogP contribution in [0.2, 0.25) is 0 Å². The van der Waals surface area contributed by atoms with Gasteiger partial charge in [0.05, 0.1) is 11.3 Å². The molecule has 30 heavy (non-hydrogen) atoms. The zero-order valence-corrected chi connectivity index (χ0v) is 18.3. The molecule has 2 aromatic carbocycles. The fraction of sp³-hybridized carbons (Fsp3) is 0.174. The van der Waals surface area contributed by atoms with Crippen LogP contribution in [0.15, 0.2) is 69.9 Å². The standard InChI is InChI=1S/C23H21N3O2S2/c1-3-15-9-11-17(12-10-15)24-19(27)14-30-23-25-20-18(16-7-5-4-6-8-16)13-29-21(20)22(28)26(23)2/h4-13H,3,14H2,1-2H3,(H,24,27). The number of carbonyl (C=O) groups excluding carboxylic acids is 1. The molecule has 0 fully saturated rings. The molecule has 0 atom stereocenters. The van der Waals surface area contributed by atoms with Gasteiger partial charge in [0.2, 0.25) is 5.91 Å².